The number of hydrogen-bond acceptors (Lipinski definition) is 3. The summed E-state index contributed by atoms with van der Waals surface area (Å²) < 4.78 is 0. The van der Waals surface area contributed by atoms with E-state index in [4.69, 9.17) is 5.11 Å². The Bertz CT molecular complexity index is 504. The molecule has 2 N–H and O–H groups in total. The fourth-order valence-electron chi connectivity index (χ4n) is 1.98. The van der Waals surface area contributed by atoms with Gasteiger partial charge >= 0.3 is 12.0 Å². The number of aromatic nitrogens is 1. The van der Waals surface area contributed by atoms with Gasteiger partial charge in [-0.3, -0.25) is 0 Å². The molecule has 102 valence electrons. The van der Waals surface area contributed by atoms with E-state index in [0.29, 0.717) is 18.4 Å². The number of nitrogens with one attached hydrogen (secondary N) is 1. The zero-order valence-corrected chi connectivity index (χ0v) is 11.0. The Balaban J connectivity index is 2.00. The summed E-state index contributed by atoms with van der Waals surface area (Å²) in [7, 11) is 1.71. The minimum Gasteiger partial charge on any atom is -0.476 e. The first-order chi connectivity index (χ1) is 8.99. The lowest BCUT2D eigenvalue weighted by Crippen LogP contribution is -2.33. The van der Waals surface area contributed by atoms with E-state index in [1.807, 2.05) is 0 Å². The predicted octanol–water partition coefficient (Wildman–Crippen LogP) is 1.90. The highest BCUT2D eigenvalue weighted by Gasteiger charge is 2.34. The lowest BCUT2D eigenvalue weighted by Gasteiger charge is -2.18. The molecule has 1 aromatic rings. The number of anilines is 1. The van der Waals surface area contributed by atoms with Crippen LogP contribution in [0.1, 0.15) is 23.8 Å². The zero-order valence-electron chi connectivity index (χ0n) is 11.0. The largest absolute Gasteiger partial charge is 0.476 e. The maximum absolute atomic E-state index is 12.0. The van der Waals surface area contributed by atoms with Crippen LogP contribution < -0.4 is 5.32 Å². The maximum Gasteiger partial charge on any atom is 0.356 e. The molecular formula is C13H17N3O3. The maximum atomic E-state index is 12.0. The van der Waals surface area contributed by atoms with Crippen molar-refractivity contribution in [1.29, 1.82) is 0 Å². The Morgan fingerprint density at radius 3 is 2.84 bits per heavy atom. The van der Waals surface area contributed by atoms with Crippen LogP contribution in [0.15, 0.2) is 18.3 Å². The van der Waals surface area contributed by atoms with Crippen LogP contribution in [0.2, 0.25) is 0 Å². The topological polar surface area (TPSA) is 82.5 Å². The van der Waals surface area contributed by atoms with Gasteiger partial charge in [0.25, 0.3) is 0 Å². The normalized spacial score (nSPS) is 20.7. The van der Waals surface area contributed by atoms with E-state index in [-0.39, 0.29) is 17.4 Å². The first kappa shape index (κ1) is 13.3. The number of urea groups is 1. The summed E-state index contributed by atoms with van der Waals surface area (Å²) in [6.07, 6.45) is 2.53. The van der Waals surface area contributed by atoms with Gasteiger partial charge in [0.05, 0.1) is 5.69 Å². The van der Waals surface area contributed by atoms with E-state index in [1.54, 1.807) is 18.0 Å². The highest BCUT2D eigenvalue weighted by atomic mass is 16.4. The molecule has 1 saturated carbocycles. The van der Waals surface area contributed by atoms with Crippen molar-refractivity contribution >= 4 is 17.7 Å². The van der Waals surface area contributed by atoms with Crippen molar-refractivity contribution in [2.24, 2.45) is 11.8 Å². The SMILES string of the molecule is CC1CC1CN(C)C(=O)Nc1cccnc1C(=O)O. The number of carbonyl (C=O) groups excluding carboxylic acids is 1. The Hall–Kier alpha value is -2.11. The number of rotatable bonds is 4. The third-order valence-electron chi connectivity index (χ3n) is 3.38. The molecule has 0 aromatic carbocycles. The summed E-state index contributed by atoms with van der Waals surface area (Å²) in [6.45, 7) is 2.84. The molecule has 0 spiro atoms. The first-order valence-corrected chi connectivity index (χ1v) is 6.19. The average Bonchev–Trinajstić information content (AvgIpc) is 3.05. The second-order valence-corrected chi connectivity index (χ2v) is 4.99. The quantitative estimate of drug-likeness (QED) is 0.869. The number of carbonyl (C=O) groups is 2. The van der Waals surface area contributed by atoms with E-state index in [9.17, 15) is 9.59 Å². The number of amides is 2. The number of nitrogens with zero attached hydrogens (tertiary/aromatic N) is 2. The molecule has 6 nitrogen and oxygen atoms in total. The Morgan fingerprint density at radius 2 is 2.26 bits per heavy atom. The standard InChI is InChI=1S/C13H17N3O3/c1-8-6-9(8)7-16(2)13(19)15-10-4-3-5-14-11(10)12(17)18/h3-5,8-9H,6-7H2,1-2H3,(H,15,19)(H,17,18). The van der Waals surface area contributed by atoms with Crippen LogP contribution in [-0.4, -0.2) is 40.6 Å². The number of hydrogen-bond donors (Lipinski definition) is 2. The summed E-state index contributed by atoms with van der Waals surface area (Å²) in [4.78, 5) is 28.2. The summed E-state index contributed by atoms with van der Waals surface area (Å²) in [5.41, 5.74) is 0.0692. The molecule has 0 aliphatic heterocycles. The van der Waals surface area contributed by atoms with E-state index in [1.165, 1.54) is 12.3 Å². The molecule has 1 aliphatic rings. The Morgan fingerprint density at radius 1 is 1.58 bits per heavy atom. The van der Waals surface area contributed by atoms with Crippen LogP contribution in [0.3, 0.4) is 0 Å². The molecule has 2 amide bonds. The number of pyridine rings is 1. The van der Waals surface area contributed by atoms with Crippen molar-refractivity contribution < 1.29 is 14.7 Å². The lowest BCUT2D eigenvalue weighted by molar-refractivity contribution is 0.0691. The highest BCUT2D eigenvalue weighted by molar-refractivity contribution is 5.98. The van der Waals surface area contributed by atoms with E-state index >= 15 is 0 Å². The van der Waals surface area contributed by atoms with Crippen LogP contribution in [0.5, 0.6) is 0 Å². The van der Waals surface area contributed by atoms with Crippen molar-refractivity contribution in [3.05, 3.63) is 24.0 Å². The molecule has 2 unspecified atom stereocenters. The molecule has 1 aliphatic carbocycles. The summed E-state index contributed by atoms with van der Waals surface area (Å²) in [5, 5.41) is 11.6. The second-order valence-electron chi connectivity index (χ2n) is 4.99. The minimum absolute atomic E-state index is 0.149. The van der Waals surface area contributed by atoms with Crippen LogP contribution in [0.25, 0.3) is 0 Å². The molecule has 0 bridgehead atoms. The van der Waals surface area contributed by atoms with Gasteiger partial charge in [-0.1, -0.05) is 6.92 Å². The smallest absolute Gasteiger partial charge is 0.356 e. The second kappa shape index (κ2) is 5.26. The first-order valence-electron chi connectivity index (χ1n) is 6.19. The fraction of sp³-hybridized carbons (Fsp3) is 0.462. The number of carboxylic acids is 1. The monoisotopic (exact) mass is 263 g/mol. The van der Waals surface area contributed by atoms with Gasteiger partial charge < -0.3 is 15.3 Å². The Labute approximate surface area is 111 Å². The van der Waals surface area contributed by atoms with Crippen molar-refractivity contribution in [1.82, 2.24) is 9.88 Å². The summed E-state index contributed by atoms with van der Waals surface area (Å²) >= 11 is 0. The lowest BCUT2D eigenvalue weighted by atomic mass is 10.3. The molecule has 19 heavy (non-hydrogen) atoms. The number of carboxylic acid groups (broad SMARTS) is 1. The molecule has 2 rings (SSSR count). The molecule has 6 heteroatoms. The third-order valence-corrected chi connectivity index (χ3v) is 3.38. The average molecular weight is 263 g/mol. The van der Waals surface area contributed by atoms with E-state index < -0.39 is 5.97 Å². The molecular weight excluding hydrogens is 246 g/mol. The van der Waals surface area contributed by atoms with Crippen molar-refractivity contribution in [3.63, 3.8) is 0 Å². The predicted molar refractivity (Wildman–Crippen MR) is 70.1 cm³/mol. The van der Waals surface area contributed by atoms with Gasteiger partial charge in [0, 0.05) is 19.8 Å². The van der Waals surface area contributed by atoms with Crippen molar-refractivity contribution in [3.8, 4) is 0 Å². The van der Waals surface area contributed by atoms with Gasteiger partial charge in [0.2, 0.25) is 0 Å². The molecule has 1 aromatic heterocycles. The molecule has 0 saturated heterocycles. The van der Waals surface area contributed by atoms with Gasteiger partial charge in [-0.2, -0.15) is 0 Å². The molecule has 1 fully saturated rings. The van der Waals surface area contributed by atoms with E-state index in [0.717, 1.165) is 6.42 Å². The van der Waals surface area contributed by atoms with Gasteiger partial charge in [-0.15, -0.1) is 0 Å². The van der Waals surface area contributed by atoms with Gasteiger partial charge in [-0.25, -0.2) is 14.6 Å². The minimum atomic E-state index is -1.16. The zero-order chi connectivity index (χ0) is 14.0. The fourth-order valence-corrected chi connectivity index (χ4v) is 1.98. The van der Waals surface area contributed by atoms with E-state index in [2.05, 4.69) is 17.2 Å². The van der Waals surface area contributed by atoms with Crippen LogP contribution in [0.4, 0.5) is 10.5 Å². The van der Waals surface area contributed by atoms with Gasteiger partial charge in [0.1, 0.15) is 0 Å². The van der Waals surface area contributed by atoms with Crippen molar-refractivity contribution in [2.45, 2.75) is 13.3 Å². The van der Waals surface area contributed by atoms with Crippen LogP contribution in [0, 0.1) is 11.8 Å². The van der Waals surface area contributed by atoms with Gasteiger partial charge in [-0.05, 0) is 30.4 Å². The molecule has 0 radical (unpaired) electrons. The number of aromatic carboxylic acids is 1. The third kappa shape index (κ3) is 3.21. The molecule has 2 atom stereocenters. The summed E-state index contributed by atoms with van der Waals surface area (Å²) in [6, 6.07) is 2.81. The Kier molecular flexibility index (Phi) is 3.69. The van der Waals surface area contributed by atoms with Crippen LogP contribution >= 0.6 is 0 Å². The highest BCUT2D eigenvalue weighted by Crippen LogP contribution is 2.37. The van der Waals surface area contributed by atoms with Crippen LogP contribution in [-0.2, 0) is 0 Å². The van der Waals surface area contributed by atoms with Gasteiger partial charge in [0.15, 0.2) is 5.69 Å². The molecule has 1 heterocycles. The van der Waals surface area contributed by atoms with Crippen molar-refractivity contribution in [2.75, 3.05) is 18.9 Å². The summed E-state index contributed by atoms with van der Waals surface area (Å²) in [5.74, 6) is 0.0705.